The normalized spacial score (nSPS) is 18.7. The predicted octanol–water partition coefficient (Wildman–Crippen LogP) is 3.32. The van der Waals surface area contributed by atoms with Crippen LogP contribution in [0.15, 0.2) is 42.6 Å². The zero-order valence-corrected chi connectivity index (χ0v) is 17.3. The summed E-state index contributed by atoms with van der Waals surface area (Å²) in [5, 5.41) is 0. The van der Waals surface area contributed by atoms with Gasteiger partial charge in [-0.25, -0.2) is 0 Å². The third-order valence-corrected chi connectivity index (χ3v) is 6.12. The van der Waals surface area contributed by atoms with E-state index in [1.165, 1.54) is 11.1 Å². The van der Waals surface area contributed by atoms with E-state index < -0.39 is 0 Å². The Kier molecular flexibility index (Phi) is 6.57. The molecule has 0 spiro atoms. The van der Waals surface area contributed by atoms with Gasteiger partial charge in [0.05, 0.1) is 18.8 Å². The van der Waals surface area contributed by atoms with Gasteiger partial charge in [0, 0.05) is 44.6 Å². The maximum absolute atomic E-state index is 12.7. The number of hydrogen-bond acceptors (Lipinski definition) is 4. The number of carbonyl (C=O) groups is 1. The molecule has 0 atom stereocenters. The van der Waals surface area contributed by atoms with E-state index in [0.29, 0.717) is 11.5 Å². The summed E-state index contributed by atoms with van der Waals surface area (Å²) in [7, 11) is 0. The summed E-state index contributed by atoms with van der Waals surface area (Å²) < 4.78 is 5.42. The zero-order chi connectivity index (χ0) is 20.1. The standard InChI is InChI=1S/C24H31N3O2/c1-19-2-7-23(17-25-19)24(28)27-10-8-21(9-11-27)16-20-3-5-22(6-4-20)18-26-12-14-29-15-13-26/h2-7,17,21H,8-16,18H2,1H3. The molecule has 0 unspecified atom stereocenters. The Balaban J connectivity index is 1.25. The number of amides is 1. The second-order valence-electron chi connectivity index (χ2n) is 8.33. The quantitative estimate of drug-likeness (QED) is 0.782. The first-order valence-electron chi connectivity index (χ1n) is 10.8. The molecular formula is C24H31N3O2. The van der Waals surface area contributed by atoms with E-state index in [9.17, 15) is 4.79 Å². The largest absolute Gasteiger partial charge is 0.379 e. The molecular weight excluding hydrogens is 362 g/mol. The second-order valence-corrected chi connectivity index (χ2v) is 8.33. The van der Waals surface area contributed by atoms with Crippen LogP contribution in [0.1, 0.15) is 40.0 Å². The maximum Gasteiger partial charge on any atom is 0.255 e. The molecule has 154 valence electrons. The molecule has 4 rings (SSSR count). The van der Waals surface area contributed by atoms with Gasteiger partial charge in [-0.2, -0.15) is 0 Å². The van der Waals surface area contributed by atoms with Crippen molar-refractivity contribution in [1.82, 2.24) is 14.8 Å². The topological polar surface area (TPSA) is 45.7 Å². The van der Waals surface area contributed by atoms with Crippen molar-refractivity contribution in [3.05, 3.63) is 65.0 Å². The first-order valence-corrected chi connectivity index (χ1v) is 10.8. The summed E-state index contributed by atoms with van der Waals surface area (Å²) in [6.07, 6.45) is 4.94. The van der Waals surface area contributed by atoms with Crippen molar-refractivity contribution in [3.63, 3.8) is 0 Å². The van der Waals surface area contributed by atoms with E-state index in [1.54, 1.807) is 6.20 Å². The molecule has 2 saturated heterocycles. The average Bonchev–Trinajstić information content (AvgIpc) is 2.76. The van der Waals surface area contributed by atoms with Crippen LogP contribution in [-0.4, -0.2) is 60.1 Å². The lowest BCUT2D eigenvalue weighted by Crippen LogP contribution is -2.39. The van der Waals surface area contributed by atoms with Gasteiger partial charge in [0.1, 0.15) is 0 Å². The van der Waals surface area contributed by atoms with Crippen LogP contribution in [0.3, 0.4) is 0 Å². The number of pyridine rings is 1. The van der Waals surface area contributed by atoms with Crippen LogP contribution < -0.4 is 0 Å². The van der Waals surface area contributed by atoms with Crippen molar-refractivity contribution < 1.29 is 9.53 Å². The van der Waals surface area contributed by atoms with Crippen LogP contribution in [0.5, 0.6) is 0 Å². The lowest BCUT2D eigenvalue weighted by Gasteiger charge is -2.32. The molecule has 29 heavy (non-hydrogen) atoms. The highest BCUT2D eigenvalue weighted by atomic mass is 16.5. The monoisotopic (exact) mass is 393 g/mol. The number of aromatic nitrogens is 1. The van der Waals surface area contributed by atoms with Gasteiger partial charge in [-0.1, -0.05) is 24.3 Å². The molecule has 2 fully saturated rings. The third kappa shape index (κ3) is 5.43. The van der Waals surface area contributed by atoms with Crippen molar-refractivity contribution in [2.45, 2.75) is 32.7 Å². The molecule has 0 bridgehead atoms. The summed E-state index contributed by atoms with van der Waals surface area (Å²) in [5.74, 6) is 0.767. The minimum atomic E-state index is 0.114. The minimum Gasteiger partial charge on any atom is -0.379 e. The first-order chi connectivity index (χ1) is 14.2. The molecule has 0 aliphatic carbocycles. The van der Waals surface area contributed by atoms with Gasteiger partial charge in [0.15, 0.2) is 0 Å². The fourth-order valence-electron chi connectivity index (χ4n) is 4.25. The number of aryl methyl sites for hydroxylation is 1. The van der Waals surface area contributed by atoms with Gasteiger partial charge in [0.2, 0.25) is 0 Å². The summed E-state index contributed by atoms with van der Waals surface area (Å²) >= 11 is 0. The van der Waals surface area contributed by atoms with E-state index in [1.807, 2.05) is 24.0 Å². The van der Waals surface area contributed by atoms with Gasteiger partial charge in [-0.3, -0.25) is 14.7 Å². The first kappa shape index (κ1) is 20.0. The van der Waals surface area contributed by atoms with E-state index in [4.69, 9.17) is 4.74 Å². The van der Waals surface area contributed by atoms with Gasteiger partial charge >= 0.3 is 0 Å². The Morgan fingerprint density at radius 1 is 1.00 bits per heavy atom. The Morgan fingerprint density at radius 2 is 1.69 bits per heavy atom. The molecule has 5 heteroatoms. The van der Waals surface area contributed by atoms with Crippen LogP contribution in [0.25, 0.3) is 0 Å². The summed E-state index contributed by atoms with van der Waals surface area (Å²) in [6.45, 7) is 8.38. The predicted molar refractivity (Wildman–Crippen MR) is 114 cm³/mol. The van der Waals surface area contributed by atoms with Crippen molar-refractivity contribution >= 4 is 5.91 Å². The van der Waals surface area contributed by atoms with Crippen molar-refractivity contribution in [1.29, 1.82) is 0 Å². The van der Waals surface area contributed by atoms with Crippen LogP contribution >= 0.6 is 0 Å². The molecule has 5 nitrogen and oxygen atoms in total. The molecule has 2 aliphatic heterocycles. The molecule has 3 heterocycles. The highest BCUT2D eigenvalue weighted by Gasteiger charge is 2.24. The van der Waals surface area contributed by atoms with Crippen LogP contribution in [0.4, 0.5) is 0 Å². The summed E-state index contributed by atoms with van der Waals surface area (Å²) in [4.78, 5) is 21.3. The van der Waals surface area contributed by atoms with E-state index >= 15 is 0 Å². The molecule has 1 aromatic heterocycles. The number of morpholine rings is 1. The number of ether oxygens (including phenoxy) is 1. The fourth-order valence-corrected chi connectivity index (χ4v) is 4.25. The smallest absolute Gasteiger partial charge is 0.255 e. The number of benzene rings is 1. The van der Waals surface area contributed by atoms with Gasteiger partial charge in [0.25, 0.3) is 5.91 Å². The highest BCUT2D eigenvalue weighted by Crippen LogP contribution is 2.23. The lowest BCUT2D eigenvalue weighted by molar-refractivity contribution is 0.0342. The molecule has 1 amide bonds. The van der Waals surface area contributed by atoms with E-state index in [2.05, 4.69) is 34.1 Å². The average molecular weight is 394 g/mol. The zero-order valence-electron chi connectivity index (χ0n) is 17.3. The molecule has 1 aromatic carbocycles. The number of rotatable bonds is 5. The van der Waals surface area contributed by atoms with Crippen LogP contribution in [0, 0.1) is 12.8 Å². The molecule has 2 aliphatic rings. The van der Waals surface area contributed by atoms with E-state index in [-0.39, 0.29) is 5.91 Å². The SMILES string of the molecule is Cc1ccc(C(=O)N2CCC(Cc3ccc(CN4CCOCC4)cc3)CC2)cn1. The Hall–Kier alpha value is -2.24. The Labute approximate surface area is 173 Å². The Bertz CT molecular complexity index is 790. The molecule has 2 aromatic rings. The highest BCUT2D eigenvalue weighted by molar-refractivity contribution is 5.93. The van der Waals surface area contributed by atoms with Crippen LogP contribution in [-0.2, 0) is 17.7 Å². The fraction of sp³-hybridized carbons (Fsp3) is 0.500. The van der Waals surface area contributed by atoms with Crippen molar-refractivity contribution in [2.75, 3.05) is 39.4 Å². The van der Waals surface area contributed by atoms with Crippen molar-refractivity contribution in [2.24, 2.45) is 5.92 Å². The molecule has 0 N–H and O–H groups in total. The van der Waals surface area contributed by atoms with Crippen LogP contribution in [0.2, 0.25) is 0 Å². The number of carbonyl (C=O) groups excluding carboxylic acids is 1. The number of hydrogen-bond donors (Lipinski definition) is 0. The maximum atomic E-state index is 12.7. The van der Waals surface area contributed by atoms with Gasteiger partial charge < -0.3 is 9.64 Å². The van der Waals surface area contributed by atoms with Gasteiger partial charge in [-0.15, -0.1) is 0 Å². The third-order valence-electron chi connectivity index (χ3n) is 6.12. The van der Waals surface area contributed by atoms with E-state index in [0.717, 1.165) is 70.9 Å². The Morgan fingerprint density at radius 3 is 2.34 bits per heavy atom. The second kappa shape index (κ2) is 9.51. The number of piperidine rings is 1. The number of likely N-dealkylation sites (tertiary alicyclic amines) is 1. The lowest BCUT2D eigenvalue weighted by atomic mass is 9.89. The molecule has 0 saturated carbocycles. The number of nitrogens with zero attached hydrogens (tertiary/aromatic N) is 3. The summed E-state index contributed by atoms with van der Waals surface area (Å²) in [6, 6.07) is 12.9. The van der Waals surface area contributed by atoms with Crippen molar-refractivity contribution in [3.8, 4) is 0 Å². The molecule has 0 radical (unpaired) electrons. The summed E-state index contributed by atoms with van der Waals surface area (Å²) in [5.41, 5.74) is 4.42. The van der Waals surface area contributed by atoms with Gasteiger partial charge in [-0.05, 0) is 55.4 Å². The minimum absolute atomic E-state index is 0.114.